The molecule has 1 aliphatic rings. The Labute approximate surface area is 76.6 Å². The molecule has 1 aliphatic carbocycles. The first-order valence-corrected chi connectivity index (χ1v) is 4.45. The highest BCUT2D eigenvalue weighted by Crippen LogP contribution is 2.22. The molecule has 1 heterocycles. The average Bonchev–Trinajstić information content (AvgIpc) is 2.53. The number of ether oxygens (including phenoxy) is 1. The molecule has 70 valence electrons. The van der Waals surface area contributed by atoms with E-state index >= 15 is 0 Å². The zero-order valence-electron chi connectivity index (χ0n) is 7.26. The Bertz CT molecular complexity index is 266. The second kappa shape index (κ2) is 3.70. The molecule has 1 fully saturated rings. The van der Waals surface area contributed by atoms with Crippen LogP contribution in [0.3, 0.4) is 0 Å². The van der Waals surface area contributed by atoms with E-state index in [2.05, 4.69) is 9.97 Å². The van der Waals surface area contributed by atoms with Crippen LogP contribution in [-0.4, -0.2) is 27.3 Å². The van der Waals surface area contributed by atoms with Gasteiger partial charge in [0.2, 0.25) is 5.88 Å². The molecule has 4 heteroatoms. The normalized spacial score (nSPS) is 27.5. The maximum absolute atomic E-state index is 9.26. The summed E-state index contributed by atoms with van der Waals surface area (Å²) in [7, 11) is 0. The molecule has 2 atom stereocenters. The Balaban J connectivity index is 1.92. The molecule has 1 N–H and O–H groups in total. The lowest BCUT2D eigenvalue weighted by atomic mass is 10.3. The summed E-state index contributed by atoms with van der Waals surface area (Å²) in [5.74, 6) is 0.543. The van der Waals surface area contributed by atoms with Crippen molar-refractivity contribution in [2.24, 2.45) is 0 Å². The third-order valence-corrected chi connectivity index (χ3v) is 2.18. The molecule has 0 bridgehead atoms. The van der Waals surface area contributed by atoms with E-state index in [4.69, 9.17) is 4.74 Å². The maximum atomic E-state index is 9.26. The second-order valence-corrected chi connectivity index (χ2v) is 3.25. The highest BCUT2D eigenvalue weighted by atomic mass is 16.5. The summed E-state index contributed by atoms with van der Waals surface area (Å²) in [4.78, 5) is 7.90. The van der Waals surface area contributed by atoms with Crippen molar-refractivity contribution in [3.05, 3.63) is 18.6 Å². The molecular weight excluding hydrogens is 168 g/mol. The predicted molar refractivity (Wildman–Crippen MR) is 46.3 cm³/mol. The van der Waals surface area contributed by atoms with Crippen molar-refractivity contribution in [1.82, 2.24) is 9.97 Å². The number of aliphatic hydroxyl groups excluding tert-OH is 1. The third-order valence-electron chi connectivity index (χ3n) is 2.18. The maximum Gasteiger partial charge on any atom is 0.232 e. The summed E-state index contributed by atoms with van der Waals surface area (Å²) >= 11 is 0. The van der Waals surface area contributed by atoms with E-state index < -0.39 is 0 Å². The number of nitrogens with zero attached hydrogens (tertiary/aromatic N) is 2. The Morgan fingerprint density at radius 1 is 1.38 bits per heavy atom. The van der Waals surface area contributed by atoms with Crippen LogP contribution in [0.4, 0.5) is 0 Å². The minimum Gasteiger partial charge on any atom is -0.473 e. The zero-order chi connectivity index (χ0) is 9.10. The lowest BCUT2D eigenvalue weighted by Gasteiger charge is -2.10. The fourth-order valence-electron chi connectivity index (χ4n) is 1.54. The van der Waals surface area contributed by atoms with Crippen molar-refractivity contribution in [2.45, 2.75) is 31.5 Å². The molecule has 2 unspecified atom stereocenters. The zero-order valence-corrected chi connectivity index (χ0v) is 7.26. The lowest BCUT2D eigenvalue weighted by molar-refractivity contribution is 0.146. The van der Waals surface area contributed by atoms with Crippen LogP contribution < -0.4 is 4.74 Å². The molecule has 0 radical (unpaired) electrons. The molecule has 0 aliphatic heterocycles. The molecule has 2 rings (SSSR count). The van der Waals surface area contributed by atoms with Gasteiger partial charge in [-0.25, -0.2) is 4.98 Å². The number of hydrogen-bond donors (Lipinski definition) is 1. The van der Waals surface area contributed by atoms with Gasteiger partial charge in [0.05, 0.1) is 12.3 Å². The molecule has 1 saturated carbocycles. The fourth-order valence-corrected chi connectivity index (χ4v) is 1.54. The predicted octanol–water partition coefficient (Wildman–Crippen LogP) is 0.769. The van der Waals surface area contributed by atoms with Crippen molar-refractivity contribution in [3.63, 3.8) is 0 Å². The summed E-state index contributed by atoms with van der Waals surface area (Å²) in [5, 5.41) is 9.26. The summed E-state index contributed by atoms with van der Waals surface area (Å²) in [5.41, 5.74) is 0. The summed E-state index contributed by atoms with van der Waals surface area (Å²) in [6, 6.07) is 0. The minimum absolute atomic E-state index is 0.103. The van der Waals surface area contributed by atoms with Gasteiger partial charge in [0.15, 0.2) is 0 Å². The van der Waals surface area contributed by atoms with Crippen LogP contribution in [0.2, 0.25) is 0 Å². The largest absolute Gasteiger partial charge is 0.473 e. The van der Waals surface area contributed by atoms with Gasteiger partial charge >= 0.3 is 0 Å². The molecule has 0 saturated heterocycles. The van der Waals surface area contributed by atoms with Crippen LogP contribution in [0, 0.1) is 0 Å². The lowest BCUT2D eigenvalue weighted by Crippen LogP contribution is -2.14. The third kappa shape index (κ3) is 2.15. The molecular formula is C9H12N2O2. The van der Waals surface area contributed by atoms with E-state index in [-0.39, 0.29) is 12.2 Å². The van der Waals surface area contributed by atoms with Crippen LogP contribution in [0.25, 0.3) is 0 Å². The van der Waals surface area contributed by atoms with E-state index in [9.17, 15) is 5.11 Å². The van der Waals surface area contributed by atoms with Gasteiger partial charge in [-0.15, -0.1) is 0 Å². The van der Waals surface area contributed by atoms with Crippen LogP contribution in [-0.2, 0) is 0 Å². The highest BCUT2D eigenvalue weighted by molar-refractivity contribution is 5.02. The first-order chi connectivity index (χ1) is 6.34. The van der Waals surface area contributed by atoms with Gasteiger partial charge in [-0.2, -0.15) is 0 Å². The Morgan fingerprint density at radius 2 is 2.31 bits per heavy atom. The van der Waals surface area contributed by atoms with Gasteiger partial charge in [-0.3, -0.25) is 4.98 Å². The Kier molecular flexibility index (Phi) is 2.40. The van der Waals surface area contributed by atoms with E-state index in [1.165, 1.54) is 0 Å². The number of rotatable bonds is 2. The van der Waals surface area contributed by atoms with E-state index in [1.807, 2.05) is 0 Å². The summed E-state index contributed by atoms with van der Waals surface area (Å²) < 4.78 is 5.51. The molecule has 4 nitrogen and oxygen atoms in total. The van der Waals surface area contributed by atoms with Crippen LogP contribution in [0.1, 0.15) is 19.3 Å². The van der Waals surface area contributed by atoms with Crippen molar-refractivity contribution in [3.8, 4) is 5.88 Å². The molecule has 0 amide bonds. The monoisotopic (exact) mass is 180 g/mol. The standard InChI is InChI=1S/C9H12N2O2/c12-7-1-2-8(5-7)13-9-6-10-3-4-11-9/h3-4,6-8,12H,1-2,5H2. The van der Waals surface area contributed by atoms with Gasteiger partial charge in [0.1, 0.15) is 6.10 Å². The van der Waals surface area contributed by atoms with Gasteiger partial charge in [0, 0.05) is 18.8 Å². The Hall–Kier alpha value is -1.16. The van der Waals surface area contributed by atoms with Gasteiger partial charge in [-0.1, -0.05) is 0 Å². The van der Waals surface area contributed by atoms with E-state index in [1.54, 1.807) is 18.6 Å². The first-order valence-electron chi connectivity index (χ1n) is 4.45. The molecule has 1 aromatic heterocycles. The van der Waals surface area contributed by atoms with Gasteiger partial charge in [0.25, 0.3) is 0 Å². The second-order valence-electron chi connectivity index (χ2n) is 3.25. The molecule has 13 heavy (non-hydrogen) atoms. The van der Waals surface area contributed by atoms with Crippen molar-refractivity contribution >= 4 is 0 Å². The molecule has 0 aromatic carbocycles. The van der Waals surface area contributed by atoms with Crippen molar-refractivity contribution in [1.29, 1.82) is 0 Å². The molecule has 1 aromatic rings. The fraction of sp³-hybridized carbons (Fsp3) is 0.556. The topological polar surface area (TPSA) is 55.2 Å². The van der Waals surface area contributed by atoms with Crippen molar-refractivity contribution < 1.29 is 9.84 Å². The SMILES string of the molecule is OC1CCC(Oc2cnccn2)C1. The first kappa shape index (κ1) is 8.44. The highest BCUT2D eigenvalue weighted by Gasteiger charge is 2.24. The molecule has 0 spiro atoms. The number of aliphatic hydroxyl groups is 1. The number of aromatic nitrogens is 2. The minimum atomic E-state index is -0.207. The quantitative estimate of drug-likeness (QED) is 0.730. The van der Waals surface area contributed by atoms with Crippen LogP contribution >= 0.6 is 0 Å². The van der Waals surface area contributed by atoms with Gasteiger partial charge in [-0.05, 0) is 12.8 Å². The van der Waals surface area contributed by atoms with Gasteiger partial charge < -0.3 is 9.84 Å². The van der Waals surface area contributed by atoms with E-state index in [0.29, 0.717) is 12.3 Å². The smallest absolute Gasteiger partial charge is 0.232 e. The summed E-state index contributed by atoms with van der Waals surface area (Å²) in [6.07, 6.45) is 7.12. The van der Waals surface area contributed by atoms with Crippen LogP contribution in [0.5, 0.6) is 5.88 Å². The van der Waals surface area contributed by atoms with Crippen LogP contribution in [0.15, 0.2) is 18.6 Å². The average molecular weight is 180 g/mol. The Morgan fingerprint density at radius 3 is 2.92 bits per heavy atom. The van der Waals surface area contributed by atoms with E-state index in [0.717, 1.165) is 12.8 Å². The van der Waals surface area contributed by atoms with Crippen molar-refractivity contribution in [2.75, 3.05) is 0 Å². The summed E-state index contributed by atoms with van der Waals surface area (Å²) in [6.45, 7) is 0. The number of hydrogen-bond acceptors (Lipinski definition) is 4.